The van der Waals surface area contributed by atoms with Gasteiger partial charge in [0.25, 0.3) is 0 Å². The highest BCUT2D eigenvalue weighted by molar-refractivity contribution is 6.08. The summed E-state index contributed by atoms with van der Waals surface area (Å²) < 4.78 is 9.05. The summed E-state index contributed by atoms with van der Waals surface area (Å²) in [7, 11) is 3.51. The van der Waals surface area contributed by atoms with Crippen LogP contribution in [0.25, 0.3) is 11.4 Å². The van der Waals surface area contributed by atoms with Crippen molar-refractivity contribution in [2.24, 2.45) is 4.99 Å². The normalized spacial score (nSPS) is 15.1. The minimum Gasteiger partial charge on any atom is -0.497 e. The van der Waals surface area contributed by atoms with Gasteiger partial charge in [0.05, 0.1) is 19.9 Å². The number of hydrogen-bond donors (Lipinski definition) is 1. The van der Waals surface area contributed by atoms with Crippen molar-refractivity contribution in [2.45, 2.75) is 12.6 Å². The smallest absolute Gasteiger partial charge is 0.210 e. The molecule has 8 nitrogen and oxygen atoms in total. The first kappa shape index (κ1) is 19.9. The van der Waals surface area contributed by atoms with Crippen molar-refractivity contribution in [3.8, 4) is 17.1 Å². The lowest BCUT2D eigenvalue weighted by Gasteiger charge is -2.18. The molecule has 1 aliphatic heterocycles. The van der Waals surface area contributed by atoms with Crippen molar-refractivity contribution >= 4 is 12.0 Å². The lowest BCUT2D eigenvalue weighted by molar-refractivity contribution is 0.0953. The molecule has 4 aromatic rings. The Kier molecular flexibility index (Phi) is 5.12. The molecule has 2 aromatic carbocycles. The Labute approximate surface area is 185 Å². The summed E-state index contributed by atoms with van der Waals surface area (Å²) in [6.07, 6.45) is 7.03. The fourth-order valence-electron chi connectivity index (χ4n) is 3.90. The number of Topliss-reactive ketones (excluding diaryl/α,β-unsaturated/α-hetero) is 1. The summed E-state index contributed by atoms with van der Waals surface area (Å²) >= 11 is 0. The Balaban J connectivity index is 1.44. The van der Waals surface area contributed by atoms with Gasteiger partial charge in [0.1, 0.15) is 35.3 Å². The summed E-state index contributed by atoms with van der Waals surface area (Å²) in [4.78, 5) is 26.7. The molecule has 0 spiro atoms. The first-order valence-electron chi connectivity index (χ1n) is 10.3. The number of imidazole rings is 2. The Hall–Kier alpha value is -4.04. The molecule has 0 radical (unpaired) electrons. The van der Waals surface area contributed by atoms with Crippen LogP contribution >= 0.6 is 0 Å². The minimum atomic E-state index is -0.607. The first-order chi connectivity index (χ1) is 15.7. The van der Waals surface area contributed by atoms with Gasteiger partial charge in [-0.2, -0.15) is 0 Å². The van der Waals surface area contributed by atoms with E-state index in [1.54, 1.807) is 30.4 Å². The third-order valence-electron chi connectivity index (χ3n) is 5.51. The van der Waals surface area contributed by atoms with E-state index in [0.29, 0.717) is 17.9 Å². The third kappa shape index (κ3) is 3.40. The number of fused-ring (bicyclic) bond motifs is 1. The van der Waals surface area contributed by atoms with Crippen LogP contribution in [0.1, 0.15) is 33.6 Å². The van der Waals surface area contributed by atoms with Gasteiger partial charge in [-0.3, -0.25) is 14.4 Å². The van der Waals surface area contributed by atoms with Crippen LogP contribution < -0.4 is 10.1 Å². The third-order valence-corrected chi connectivity index (χ3v) is 5.51. The number of aromatic nitrogens is 4. The second-order valence-electron chi connectivity index (χ2n) is 7.43. The summed E-state index contributed by atoms with van der Waals surface area (Å²) in [6.45, 7) is 0.665. The first-order valence-corrected chi connectivity index (χ1v) is 10.3. The molecule has 160 valence electrons. The van der Waals surface area contributed by atoms with Crippen LogP contribution in [-0.4, -0.2) is 45.3 Å². The van der Waals surface area contributed by atoms with Crippen LogP contribution in [0.4, 0.5) is 0 Å². The van der Waals surface area contributed by atoms with E-state index in [0.717, 1.165) is 28.5 Å². The number of ether oxygens (including phenoxy) is 1. The average molecular weight is 426 g/mol. The lowest BCUT2D eigenvalue weighted by atomic mass is 9.97. The molecule has 0 aliphatic carbocycles. The quantitative estimate of drug-likeness (QED) is 0.512. The Bertz CT molecular complexity index is 1290. The Morgan fingerprint density at radius 3 is 2.44 bits per heavy atom. The van der Waals surface area contributed by atoms with Crippen LogP contribution in [0.3, 0.4) is 0 Å². The van der Waals surface area contributed by atoms with Gasteiger partial charge in [0, 0.05) is 23.8 Å². The average Bonchev–Trinajstić information content (AvgIpc) is 3.48. The van der Waals surface area contributed by atoms with Crippen molar-refractivity contribution in [2.75, 3.05) is 14.2 Å². The van der Waals surface area contributed by atoms with Gasteiger partial charge in [0.2, 0.25) is 5.78 Å². The van der Waals surface area contributed by atoms with E-state index in [1.165, 1.54) is 0 Å². The van der Waals surface area contributed by atoms with Gasteiger partial charge in [0.15, 0.2) is 0 Å². The summed E-state index contributed by atoms with van der Waals surface area (Å²) in [5.74, 6) is 1.59. The Morgan fingerprint density at radius 1 is 1.00 bits per heavy atom. The van der Waals surface area contributed by atoms with Crippen molar-refractivity contribution < 1.29 is 9.53 Å². The van der Waals surface area contributed by atoms with Gasteiger partial charge in [-0.05, 0) is 49.0 Å². The molecule has 8 heteroatoms. The highest BCUT2D eigenvalue weighted by Crippen LogP contribution is 2.30. The predicted octanol–water partition coefficient (Wildman–Crippen LogP) is 3.14. The fraction of sp³-hybridized carbons (Fsp3) is 0.167. The summed E-state index contributed by atoms with van der Waals surface area (Å²) in [6, 6.07) is 14.8. The van der Waals surface area contributed by atoms with Crippen LogP contribution in [-0.2, 0) is 6.54 Å². The highest BCUT2D eigenvalue weighted by Gasteiger charge is 2.30. The van der Waals surface area contributed by atoms with E-state index in [-0.39, 0.29) is 5.78 Å². The molecule has 2 aromatic heterocycles. The number of ketones is 1. The molecular weight excluding hydrogens is 404 g/mol. The van der Waals surface area contributed by atoms with E-state index < -0.39 is 6.04 Å². The van der Waals surface area contributed by atoms with Crippen LogP contribution in [0.5, 0.6) is 5.75 Å². The van der Waals surface area contributed by atoms with Crippen molar-refractivity contribution in [1.82, 2.24) is 24.4 Å². The number of methoxy groups -OCH3 is 1. The summed E-state index contributed by atoms with van der Waals surface area (Å²) in [5, 5.41) is 3.12. The van der Waals surface area contributed by atoms with Crippen molar-refractivity contribution in [3.63, 3.8) is 0 Å². The molecule has 0 bridgehead atoms. The standard InChI is InChI=1S/C24H22N6O2/c1-25-14-21-26-11-12-29(21)17-5-3-16(4-6-17)22-24(31)23-20(13-27-22)28-15-30(23)18-7-9-19(32-2)10-8-18/h3-13,15,22,25H,14H2,1-2H3. The maximum Gasteiger partial charge on any atom is 0.210 e. The molecule has 3 heterocycles. The van der Waals surface area contributed by atoms with E-state index in [9.17, 15) is 4.79 Å². The zero-order valence-electron chi connectivity index (χ0n) is 17.8. The minimum absolute atomic E-state index is 0.0814. The number of nitrogens with one attached hydrogen (secondary N) is 1. The van der Waals surface area contributed by atoms with E-state index in [4.69, 9.17) is 4.74 Å². The number of carbonyl (C=O) groups is 1. The number of aliphatic imine (C=N–C) groups is 1. The van der Waals surface area contributed by atoms with Crippen LogP contribution in [0.2, 0.25) is 0 Å². The molecule has 0 saturated heterocycles. The van der Waals surface area contributed by atoms with E-state index >= 15 is 0 Å². The van der Waals surface area contributed by atoms with E-state index in [1.807, 2.05) is 66.3 Å². The zero-order valence-corrected chi connectivity index (χ0v) is 17.8. The summed E-state index contributed by atoms with van der Waals surface area (Å²) in [5.41, 5.74) is 3.76. The zero-order chi connectivity index (χ0) is 22.1. The molecule has 1 atom stereocenters. The molecule has 1 unspecified atom stereocenters. The monoisotopic (exact) mass is 426 g/mol. The van der Waals surface area contributed by atoms with Crippen molar-refractivity contribution in [3.05, 3.63) is 90.0 Å². The molecule has 1 N–H and O–H groups in total. The fourth-order valence-corrected chi connectivity index (χ4v) is 3.90. The Morgan fingerprint density at radius 2 is 1.72 bits per heavy atom. The second-order valence-corrected chi connectivity index (χ2v) is 7.43. The van der Waals surface area contributed by atoms with Gasteiger partial charge in [-0.15, -0.1) is 0 Å². The molecule has 32 heavy (non-hydrogen) atoms. The number of carbonyl (C=O) groups excluding carboxylic acids is 1. The molecule has 0 fully saturated rings. The predicted molar refractivity (Wildman–Crippen MR) is 121 cm³/mol. The topological polar surface area (TPSA) is 86.3 Å². The maximum absolute atomic E-state index is 13.4. The second kappa shape index (κ2) is 8.24. The molecule has 0 amide bonds. The lowest BCUT2D eigenvalue weighted by Crippen LogP contribution is -2.20. The molecule has 0 saturated carbocycles. The largest absolute Gasteiger partial charge is 0.497 e. The van der Waals surface area contributed by atoms with Crippen LogP contribution in [0.15, 0.2) is 72.2 Å². The van der Waals surface area contributed by atoms with Gasteiger partial charge in [-0.25, -0.2) is 9.97 Å². The van der Waals surface area contributed by atoms with Crippen molar-refractivity contribution in [1.29, 1.82) is 0 Å². The van der Waals surface area contributed by atoms with Crippen LogP contribution in [0, 0.1) is 0 Å². The van der Waals surface area contributed by atoms with Gasteiger partial charge >= 0.3 is 0 Å². The number of rotatable bonds is 6. The SMILES string of the molecule is CNCc1nccn1-c1ccc(C2N=Cc3ncn(-c4ccc(OC)cc4)c3C2=O)cc1. The van der Waals surface area contributed by atoms with E-state index in [2.05, 4.69) is 20.3 Å². The number of hydrogen-bond acceptors (Lipinski definition) is 6. The highest BCUT2D eigenvalue weighted by atomic mass is 16.5. The maximum atomic E-state index is 13.4. The molecular formula is C24H22N6O2. The van der Waals surface area contributed by atoms with Gasteiger partial charge < -0.3 is 14.6 Å². The molecule has 5 rings (SSSR count). The number of benzene rings is 2. The number of nitrogens with zero attached hydrogens (tertiary/aromatic N) is 5. The van der Waals surface area contributed by atoms with Gasteiger partial charge in [-0.1, -0.05) is 12.1 Å². The molecule has 1 aliphatic rings.